The van der Waals surface area contributed by atoms with E-state index in [1.165, 1.54) is 53.5 Å². The second kappa shape index (κ2) is 7.36. The van der Waals surface area contributed by atoms with Gasteiger partial charge in [-0.15, -0.1) is 0 Å². The van der Waals surface area contributed by atoms with Crippen molar-refractivity contribution in [2.75, 3.05) is 11.9 Å². The maximum Gasteiger partial charge on any atom is 0.321 e. The Balaban J connectivity index is 2.00. The Kier molecular flexibility index (Phi) is 4.79. The summed E-state index contributed by atoms with van der Waals surface area (Å²) in [5, 5.41) is 2.82. The standard InChI is InChI=1S/C23H26N2O/c1-24-23(26)25-16-17-10-6-7-11-18(17)19-12-4-2-3-5-13-20(19)21-14-8-9-15-22(21)25/h6-11,14-15H,2-5,12-13,16H2,1H3,(H,24,26)/b20-19-. The zero-order valence-corrected chi connectivity index (χ0v) is 15.4. The van der Waals surface area contributed by atoms with E-state index < -0.39 is 0 Å². The molecule has 0 radical (unpaired) electrons. The maximum absolute atomic E-state index is 12.7. The molecule has 1 heterocycles. The van der Waals surface area contributed by atoms with Crippen molar-refractivity contribution in [3.05, 3.63) is 65.2 Å². The quantitative estimate of drug-likeness (QED) is 0.660. The molecule has 0 saturated heterocycles. The van der Waals surface area contributed by atoms with Crippen LogP contribution in [-0.4, -0.2) is 13.1 Å². The summed E-state index contributed by atoms with van der Waals surface area (Å²) >= 11 is 0. The fraction of sp³-hybridized carbons (Fsp3) is 0.348. The Hall–Kier alpha value is -2.55. The van der Waals surface area contributed by atoms with Gasteiger partial charge in [-0.25, -0.2) is 4.79 Å². The number of benzene rings is 2. The molecule has 0 saturated carbocycles. The summed E-state index contributed by atoms with van der Waals surface area (Å²) in [6, 6.07) is 17.0. The van der Waals surface area contributed by atoms with Crippen molar-refractivity contribution in [3.63, 3.8) is 0 Å². The van der Waals surface area contributed by atoms with Crippen LogP contribution in [0.4, 0.5) is 10.5 Å². The Labute approximate surface area is 155 Å². The third-order valence-corrected chi connectivity index (χ3v) is 5.62. The summed E-state index contributed by atoms with van der Waals surface area (Å²) in [6.45, 7) is 0.601. The van der Waals surface area contributed by atoms with E-state index in [9.17, 15) is 4.79 Å². The van der Waals surface area contributed by atoms with E-state index in [4.69, 9.17) is 0 Å². The smallest absolute Gasteiger partial charge is 0.321 e. The number of hydrogen-bond acceptors (Lipinski definition) is 1. The molecule has 4 rings (SSSR count). The van der Waals surface area contributed by atoms with Crippen molar-refractivity contribution in [3.8, 4) is 0 Å². The van der Waals surface area contributed by atoms with Gasteiger partial charge in [0.05, 0.1) is 12.2 Å². The molecule has 26 heavy (non-hydrogen) atoms. The van der Waals surface area contributed by atoms with Gasteiger partial charge >= 0.3 is 6.03 Å². The average molecular weight is 346 g/mol. The van der Waals surface area contributed by atoms with Crippen LogP contribution in [0.15, 0.2) is 48.5 Å². The zero-order chi connectivity index (χ0) is 17.9. The SMILES string of the molecule is CNC(=O)N1Cc2ccccc2/C2=C(/CCCCCC2)c2ccccc21. The number of rotatable bonds is 0. The predicted octanol–water partition coefficient (Wildman–Crippen LogP) is 5.61. The van der Waals surface area contributed by atoms with Gasteiger partial charge in [-0.2, -0.15) is 0 Å². The van der Waals surface area contributed by atoms with Gasteiger partial charge in [-0.05, 0) is 54.0 Å². The number of nitrogens with one attached hydrogen (secondary N) is 1. The Bertz CT molecular complexity index is 853. The first-order chi connectivity index (χ1) is 12.8. The molecule has 2 aromatic rings. The third kappa shape index (κ3) is 3.03. The molecular weight excluding hydrogens is 320 g/mol. The molecule has 3 nitrogen and oxygen atoms in total. The van der Waals surface area contributed by atoms with Crippen molar-refractivity contribution in [1.82, 2.24) is 5.32 Å². The molecule has 0 aromatic heterocycles. The van der Waals surface area contributed by atoms with Crippen LogP contribution in [0.5, 0.6) is 0 Å². The highest BCUT2D eigenvalue weighted by atomic mass is 16.2. The van der Waals surface area contributed by atoms with Crippen LogP contribution < -0.4 is 10.2 Å². The summed E-state index contributed by atoms with van der Waals surface area (Å²) in [4.78, 5) is 14.6. The minimum atomic E-state index is -0.0536. The average Bonchev–Trinajstić information content (AvgIpc) is 2.65. The summed E-state index contributed by atoms with van der Waals surface area (Å²) in [5.74, 6) is 0. The number of amides is 2. The monoisotopic (exact) mass is 346 g/mol. The molecule has 0 fully saturated rings. The van der Waals surface area contributed by atoms with Crippen LogP contribution >= 0.6 is 0 Å². The summed E-state index contributed by atoms with van der Waals surface area (Å²) in [6.07, 6.45) is 7.28. The van der Waals surface area contributed by atoms with Crippen LogP contribution in [0.1, 0.15) is 55.2 Å². The van der Waals surface area contributed by atoms with Crippen LogP contribution in [0.25, 0.3) is 11.1 Å². The lowest BCUT2D eigenvalue weighted by Gasteiger charge is -2.31. The van der Waals surface area contributed by atoms with E-state index in [0.29, 0.717) is 6.54 Å². The van der Waals surface area contributed by atoms with Crippen molar-refractivity contribution in [1.29, 1.82) is 0 Å². The lowest BCUT2D eigenvalue weighted by atomic mass is 9.82. The number of hydrogen-bond donors (Lipinski definition) is 1. The van der Waals surface area contributed by atoms with Gasteiger partial charge < -0.3 is 5.32 Å². The third-order valence-electron chi connectivity index (χ3n) is 5.62. The van der Waals surface area contributed by atoms with Gasteiger partial charge in [0.25, 0.3) is 0 Å². The van der Waals surface area contributed by atoms with Crippen LogP contribution in [0.2, 0.25) is 0 Å². The molecule has 2 aromatic carbocycles. The van der Waals surface area contributed by atoms with E-state index in [0.717, 1.165) is 18.5 Å². The number of para-hydroxylation sites is 1. The fourth-order valence-corrected chi connectivity index (χ4v) is 4.34. The van der Waals surface area contributed by atoms with Gasteiger partial charge in [-0.1, -0.05) is 55.3 Å². The maximum atomic E-state index is 12.7. The first-order valence-corrected chi connectivity index (χ1v) is 9.68. The lowest BCUT2D eigenvalue weighted by Crippen LogP contribution is -2.38. The highest BCUT2D eigenvalue weighted by Gasteiger charge is 2.26. The number of nitrogens with zero attached hydrogens (tertiary/aromatic N) is 1. The molecule has 0 atom stereocenters. The minimum Gasteiger partial charge on any atom is -0.341 e. The minimum absolute atomic E-state index is 0.0536. The number of urea groups is 1. The summed E-state index contributed by atoms with van der Waals surface area (Å²) in [5.41, 5.74) is 7.73. The summed E-state index contributed by atoms with van der Waals surface area (Å²) < 4.78 is 0. The Morgan fingerprint density at radius 1 is 0.846 bits per heavy atom. The molecule has 134 valence electrons. The molecule has 1 aliphatic heterocycles. The normalized spacial score (nSPS) is 19.8. The number of carbonyl (C=O) groups is 1. The van der Waals surface area contributed by atoms with E-state index in [-0.39, 0.29) is 6.03 Å². The molecule has 2 amide bonds. The van der Waals surface area contributed by atoms with E-state index in [1.807, 2.05) is 11.0 Å². The zero-order valence-electron chi connectivity index (χ0n) is 15.4. The van der Waals surface area contributed by atoms with Crippen LogP contribution in [-0.2, 0) is 6.54 Å². The highest BCUT2D eigenvalue weighted by molar-refractivity contribution is 6.01. The van der Waals surface area contributed by atoms with E-state index >= 15 is 0 Å². The van der Waals surface area contributed by atoms with Gasteiger partial charge in [0, 0.05) is 12.6 Å². The molecule has 0 unspecified atom stereocenters. The second-order valence-electron chi connectivity index (χ2n) is 7.19. The highest BCUT2D eigenvalue weighted by Crippen LogP contribution is 2.43. The number of allylic oxidation sites excluding steroid dienone is 2. The first-order valence-electron chi connectivity index (χ1n) is 9.68. The number of anilines is 1. The Morgan fingerprint density at radius 3 is 2.19 bits per heavy atom. The molecule has 2 aliphatic rings. The predicted molar refractivity (Wildman–Crippen MR) is 108 cm³/mol. The van der Waals surface area contributed by atoms with E-state index in [1.54, 1.807) is 7.05 Å². The van der Waals surface area contributed by atoms with Crippen molar-refractivity contribution in [2.24, 2.45) is 0 Å². The molecule has 0 spiro atoms. The summed E-state index contributed by atoms with van der Waals surface area (Å²) in [7, 11) is 1.70. The van der Waals surface area contributed by atoms with Crippen LogP contribution in [0.3, 0.4) is 0 Å². The van der Waals surface area contributed by atoms with Crippen molar-refractivity contribution >= 4 is 22.9 Å². The Morgan fingerprint density at radius 2 is 1.46 bits per heavy atom. The van der Waals surface area contributed by atoms with Crippen molar-refractivity contribution in [2.45, 2.75) is 45.1 Å². The molecular formula is C23H26N2O. The van der Waals surface area contributed by atoms with Gasteiger partial charge in [0.2, 0.25) is 0 Å². The first kappa shape index (κ1) is 16.9. The molecule has 1 N–H and O–H groups in total. The topological polar surface area (TPSA) is 32.3 Å². The fourth-order valence-electron chi connectivity index (χ4n) is 4.34. The molecule has 1 aliphatic carbocycles. The van der Waals surface area contributed by atoms with Gasteiger partial charge in [0.15, 0.2) is 0 Å². The number of fused-ring (bicyclic) bond motifs is 4. The second-order valence-corrected chi connectivity index (χ2v) is 7.19. The molecule has 0 bridgehead atoms. The van der Waals surface area contributed by atoms with Crippen LogP contribution in [0, 0.1) is 0 Å². The van der Waals surface area contributed by atoms with Gasteiger partial charge in [-0.3, -0.25) is 4.90 Å². The largest absolute Gasteiger partial charge is 0.341 e. The number of carbonyl (C=O) groups excluding carboxylic acids is 1. The lowest BCUT2D eigenvalue weighted by molar-refractivity contribution is 0.248. The molecule has 3 heteroatoms. The van der Waals surface area contributed by atoms with Crippen molar-refractivity contribution < 1.29 is 4.79 Å². The van der Waals surface area contributed by atoms with E-state index in [2.05, 4.69) is 47.8 Å². The van der Waals surface area contributed by atoms with Gasteiger partial charge in [0.1, 0.15) is 0 Å².